The lowest BCUT2D eigenvalue weighted by Crippen LogP contribution is -1.93. The second-order valence-electron chi connectivity index (χ2n) is 5.63. The van der Waals surface area contributed by atoms with Gasteiger partial charge >= 0.3 is 0 Å². The highest BCUT2D eigenvalue weighted by atomic mass is 14.8. The lowest BCUT2D eigenvalue weighted by atomic mass is 10.1. The van der Waals surface area contributed by atoms with Crippen LogP contribution in [0.3, 0.4) is 0 Å². The minimum atomic E-state index is 0.798. The second-order valence-corrected chi connectivity index (χ2v) is 5.63. The van der Waals surface area contributed by atoms with E-state index in [9.17, 15) is 0 Å². The molecule has 0 aliphatic heterocycles. The van der Waals surface area contributed by atoms with Crippen molar-refractivity contribution in [2.45, 2.75) is 6.42 Å². The highest BCUT2D eigenvalue weighted by Crippen LogP contribution is 2.22. The Morgan fingerprint density at radius 3 is 1.96 bits per heavy atom. The van der Waals surface area contributed by atoms with Crippen LogP contribution < -0.4 is 0 Å². The van der Waals surface area contributed by atoms with Crippen LogP contribution in [0.2, 0.25) is 0 Å². The Labute approximate surface area is 146 Å². The van der Waals surface area contributed by atoms with Crippen LogP contribution in [-0.4, -0.2) is 15.0 Å². The zero-order valence-electron chi connectivity index (χ0n) is 13.6. The summed E-state index contributed by atoms with van der Waals surface area (Å²) in [5, 5.41) is 0. The Bertz CT molecular complexity index is 950. The molecule has 1 aliphatic rings. The molecule has 25 heavy (non-hydrogen) atoms. The molecule has 0 saturated carbocycles. The van der Waals surface area contributed by atoms with Gasteiger partial charge in [0.1, 0.15) is 0 Å². The maximum Gasteiger partial charge on any atom is 0.0906 e. The molecule has 0 atom stereocenters. The van der Waals surface area contributed by atoms with E-state index < -0.39 is 0 Å². The molecule has 0 saturated heterocycles. The van der Waals surface area contributed by atoms with Gasteiger partial charge in [0, 0.05) is 23.5 Å². The van der Waals surface area contributed by atoms with E-state index in [1.165, 1.54) is 0 Å². The molecule has 3 nitrogen and oxygen atoms in total. The second kappa shape index (κ2) is 6.94. The monoisotopic (exact) mass is 321 g/mol. The Hall–Kier alpha value is -3.51. The van der Waals surface area contributed by atoms with Gasteiger partial charge in [-0.1, -0.05) is 42.2 Å². The van der Waals surface area contributed by atoms with Crippen molar-refractivity contribution in [2.24, 2.45) is 0 Å². The third-order valence-corrected chi connectivity index (χ3v) is 3.82. The third-order valence-electron chi connectivity index (χ3n) is 3.82. The Kier molecular flexibility index (Phi) is 4.18. The Balaban J connectivity index is 1.80. The van der Waals surface area contributed by atoms with Gasteiger partial charge in [-0.15, -0.1) is 0 Å². The normalized spacial score (nSPS) is 12.4. The van der Waals surface area contributed by atoms with E-state index in [2.05, 4.69) is 27.9 Å². The smallest absolute Gasteiger partial charge is 0.0906 e. The molecule has 1 aliphatic carbocycles. The third kappa shape index (κ3) is 3.54. The van der Waals surface area contributed by atoms with Crippen LogP contribution >= 0.6 is 0 Å². The van der Waals surface area contributed by atoms with Gasteiger partial charge in [0.25, 0.3) is 0 Å². The van der Waals surface area contributed by atoms with Crippen LogP contribution in [-0.2, 0) is 0 Å². The molecule has 3 aromatic rings. The molecule has 0 unspecified atom stereocenters. The van der Waals surface area contributed by atoms with Crippen LogP contribution in [0.15, 0.2) is 84.7 Å². The summed E-state index contributed by atoms with van der Waals surface area (Å²) in [6, 6.07) is 15.6. The van der Waals surface area contributed by atoms with E-state index in [4.69, 9.17) is 4.98 Å². The molecule has 3 heterocycles. The van der Waals surface area contributed by atoms with Gasteiger partial charge in [-0.25, -0.2) is 4.98 Å². The summed E-state index contributed by atoms with van der Waals surface area (Å²) in [4.78, 5) is 13.6. The van der Waals surface area contributed by atoms with Gasteiger partial charge < -0.3 is 0 Å². The quantitative estimate of drug-likeness (QED) is 0.655. The van der Waals surface area contributed by atoms with Gasteiger partial charge in [-0.3, -0.25) is 9.97 Å². The maximum atomic E-state index is 4.73. The van der Waals surface area contributed by atoms with Gasteiger partial charge in [0.2, 0.25) is 0 Å². The fourth-order valence-electron chi connectivity index (χ4n) is 2.59. The van der Waals surface area contributed by atoms with Gasteiger partial charge in [0.05, 0.1) is 22.8 Å². The highest BCUT2D eigenvalue weighted by Gasteiger charge is 2.08. The minimum Gasteiger partial charge on any atom is -0.255 e. The van der Waals surface area contributed by atoms with Crippen molar-refractivity contribution in [3.05, 3.63) is 90.3 Å². The summed E-state index contributed by atoms with van der Waals surface area (Å²) < 4.78 is 0. The predicted molar refractivity (Wildman–Crippen MR) is 99.4 cm³/mol. The largest absolute Gasteiger partial charge is 0.255 e. The van der Waals surface area contributed by atoms with Crippen LogP contribution in [0.4, 0.5) is 0 Å². The van der Waals surface area contributed by atoms with E-state index >= 15 is 0 Å². The number of allylic oxidation sites excluding steroid dienone is 4. The van der Waals surface area contributed by atoms with Gasteiger partial charge in [0.15, 0.2) is 0 Å². The van der Waals surface area contributed by atoms with E-state index in [1.54, 1.807) is 12.4 Å². The lowest BCUT2D eigenvalue weighted by molar-refractivity contribution is 1.21. The predicted octanol–water partition coefficient (Wildman–Crippen LogP) is 4.44. The molecule has 0 radical (unpaired) electrons. The molecular weight excluding hydrogens is 306 g/mol. The van der Waals surface area contributed by atoms with Crippen LogP contribution in [0.1, 0.15) is 12.0 Å². The molecule has 0 aromatic carbocycles. The van der Waals surface area contributed by atoms with E-state index in [-0.39, 0.29) is 0 Å². The van der Waals surface area contributed by atoms with E-state index in [0.717, 1.165) is 40.3 Å². The maximum absolute atomic E-state index is 4.73. The summed E-state index contributed by atoms with van der Waals surface area (Å²) >= 11 is 0. The molecule has 0 amide bonds. The fourth-order valence-corrected chi connectivity index (χ4v) is 2.59. The van der Waals surface area contributed by atoms with Crippen LogP contribution in [0.5, 0.6) is 0 Å². The number of nitrogens with zero attached hydrogens (tertiary/aromatic N) is 3. The zero-order valence-corrected chi connectivity index (χ0v) is 13.6. The summed E-state index contributed by atoms with van der Waals surface area (Å²) in [7, 11) is 0. The summed E-state index contributed by atoms with van der Waals surface area (Å²) in [6.45, 7) is 0. The Morgan fingerprint density at radius 1 is 0.760 bits per heavy atom. The average molecular weight is 321 g/mol. The van der Waals surface area contributed by atoms with Crippen molar-refractivity contribution in [3.63, 3.8) is 0 Å². The molecule has 0 N–H and O–H groups in total. The molecule has 118 valence electrons. The van der Waals surface area contributed by atoms with Crippen molar-refractivity contribution in [3.8, 4) is 34.6 Å². The summed E-state index contributed by atoms with van der Waals surface area (Å²) in [5.41, 5.74) is 5.27. The van der Waals surface area contributed by atoms with E-state index in [0.29, 0.717) is 0 Å². The first-order valence-corrected chi connectivity index (χ1v) is 8.11. The minimum absolute atomic E-state index is 0.798. The molecule has 3 heteroatoms. The van der Waals surface area contributed by atoms with Crippen molar-refractivity contribution in [1.82, 2.24) is 15.0 Å². The number of rotatable bonds is 2. The highest BCUT2D eigenvalue weighted by molar-refractivity contribution is 5.65. The molecule has 0 bridgehead atoms. The number of aromatic nitrogens is 3. The van der Waals surface area contributed by atoms with Crippen LogP contribution in [0.25, 0.3) is 22.8 Å². The van der Waals surface area contributed by atoms with Crippen molar-refractivity contribution in [2.75, 3.05) is 0 Å². The van der Waals surface area contributed by atoms with E-state index in [1.807, 2.05) is 60.7 Å². The first-order chi connectivity index (χ1) is 12.4. The molecule has 4 rings (SSSR count). The van der Waals surface area contributed by atoms with Gasteiger partial charge in [-0.2, -0.15) is 0 Å². The molecule has 3 aromatic heterocycles. The fraction of sp³-hybridized carbons (Fsp3) is 0.0455. The molecule has 0 fully saturated rings. The first-order valence-electron chi connectivity index (χ1n) is 8.11. The summed E-state index contributed by atoms with van der Waals surface area (Å²) in [5.74, 6) is 6.49. The van der Waals surface area contributed by atoms with Crippen molar-refractivity contribution in [1.29, 1.82) is 0 Å². The zero-order chi connectivity index (χ0) is 16.9. The first kappa shape index (κ1) is 15.0. The van der Waals surface area contributed by atoms with Crippen molar-refractivity contribution < 1.29 is 0 Å². The SMILES string of the molecule is C(#Cc1cc(-c2ccccn2)nc(-c2ccccn2)c1)C1=CC=CC1. The molecular formula is C22H15N3. The lowest BCUT2D eigenvalue weighted by Gasteiger charge is -2.05. The Morgan fingerprint density at radius 2 is 1.44 bits per heavy atom. The average Bonchev–Trinajstić information content (AvgIpc) is 3.21. The summed E-state index contributed by atoms with van der Waals surface area (Å²) in [6.07, 6.45) is 10.6. The number of pyridine rings is 3. The number of hydrogen-bond donors (Lipinski definition) is 0. The number of hydrogen-bond acceptors (Lipinski definition) is 3. The van der Waals surface area contributed by atoms with Gasteiger partial charge in [-0.05, 0) is 42.8 Å². The van der Waals surface area contributed by atoms with Crippen LogP contribution in [0, 0.1) is 11.8 Å². The standard InChI is InChI=1S/C22H15N3/c1-2-8-17(7-1)11-12-18-15-21(19-9-3-5-13-23-19)25-22(16-18)20-10-4-6-14-24-20/h1-7,9-10,13-16H,8H2. The van der Waals surface area contributed by atoms with Crippen molar-refractivity contribution >= 4 is 0 Å². The topological polar surface area (TPSA) is 38.7 Å². The molecule has 0 spiro atoms.